The summed E-state index contributed by atoms with van der Waals surface area (Å²) in [6.07, 6.45) is 1.72. The Morgan fingerprint density at radius 3 is 2.48 bits per heavy atom. The molecular weight excluding hydrogens is 571 g/mol. The molecule has 0 aliphatic heterocycles. The Morgan fingerprint density at radius 1 is 1.02 bits per heavy atom. The Hall–Kier alpha value is -4.04. The van der Waals surface area contributed by atoms with Crippen LogP contribution in [0.3, 0.4) is 0 Å². The molecule has 2 aromatic heterocycles. The van der Waals surface area contributed by atoms with Crippen LogP contribution >= 0.6 is 15.9 Å². The molecule has 0 N–H and O–H groups in total. The molecule has 0 bridgehead atoms. The molecule has 40 heavy (non-hydrogen) atoms. The van der Waals surface area contributed by atoms with Gasteiger partial charge in [-0.05, 0) is 80.1 Å². The monoisotopic (exact) mass is 600 g/mol. The van der Waals surface area contributed by atoms with Crippen LogP contribution in [0.25, 0.3) is 16.6 Å². The quantitative estimate of drug-likeness (QED) is 0.190. The largest absolute Gasteiger partial charge is 0.489 e. The molecule has 5 rings (SSSR count). The van der Waals surface area contributed by atoms with E-state index >= 15 is 0 Å². The van der Waals surface area contributed by atoms with E-state index in [2.05, 4.69) is 25.6 Å². The maximum absolute atomic E-state index is 13.5. The summed E-state index contributed by atoms with van der Waals surface area (Å²) in [5.74, 6) is 1.01. The van der Waals surface area contributed by atoms with Crippen molar-refractivity contribution < 1.29 is 9.13 Å². The lowest BCUT2D eigenvalue weighted by Crippen LogP contribution is -2.29. The molecule has 0 saturated carbocycles. The number of aromatic nitrogens is 3. The lowest BCUT2D eigenvalue weighted by Gasteiger charge is -2.20. The van der Waals surface area contributed by atoms with Crippen molar-refractivity contribution in [2.75, 3.05) is 0 Å². The number of hydrogen-bond acceptors (Lipinski definition) is 4. The van der Waals surface area contributed by atoms with Gasteiger partial charge in [0.1, 0.15) is 24.0 Å². The SMILES string of the molecule is Cc1cc(C=Nn2c(C(C)(C)C)nc3ccc(Br)cc3c2=O)c(C)n1-c1ccc(OCc2cccc(F)c2)cc1. The summed E-state index contributed by atoms with van der Waals surface area (Å²) in [5, 5.41) is 5.15. The molecule has 0 amide bonds. The summed E-state index contributed by atoms with van der Waals surface area (Å²) in [7, 11) is 0. The zero-order valence-corrected chi connectivity index (χ0v) is 24.7. The van der Waals surface area contributed by atoms with Gasteiger partial charge in [0.05, 0.1) is 17.1 Å². The van der Waals surface area contributed by atoms with Crippen LogP contribution < -0.4 is 10.3 Å². The van der Waals surface area contributed by atoms with Crippen LogP contribution in [-0.2, 0) is 12.0 Å². The lowest BCUT2D eigenvalue weighted by atomic mass is 9.95. The first-order valence-electron chi connectivity index (χ1n) is 12.9. The molecule has 8 heteroatoms. The fourth-order valence-electron chi connectivity index (χ4n) is 4.66. The third-order valence-electron chi connectivity index (χ3n) is 6.65. The van der Waals surface area contributed by atoms with Gasteiger partial charge < -0.3 is 9.30 Å². The van der Waals surface area contributed by atoms with Gasteiger partial charge in [0, 0.05) is 32.5 Å². The molecule has 3 aromatic carbocycles. The van der Waals surface area contributed by atoms with E-state index in [4.69, 9.17) is 9.72 Å². The van der Waals surface area contributed by atoms with E-state index in [0.717, 1.165) is 32.7 Å². The van der Waals surface area contributed by atoms with Crippen LogP contribution in [0, 0.1) is 19.7 Å². The maximum atomic E-state index is 13.5. The van der Waals surface area contributed by atoms with E-state index in [1.165, 1.54) is 16.8 Å². The van der Waals surface area contributed by atoms with E-state index in [0.29, 0.717) is 22.5 Å². The second-order valence-corrected chi connectivity index (χ2v) is 11.7. The van der Waals surface area contributed by atoms with Crippen LogP contribution in [0.4, 0.5) is 4.39 Å². The van der Waals surface area contributed by atoms with E-state index < -0.39 is 5.41 Å². The van der Waals surface area contributed by atoms with E-state index in [1.807, 2.05) is 83.1 Å². The molecule has 6 nitrogen and oxygen atoms in total. The summed E-state index contributed by atoms with van der Waals surface area (Å²) < 4.78 is 23.6. The fourth-order valence-corrected chi connectivity index (χ4v) is 5.02. The minimum absolute atomic E-state index is 0.213. The summed E-state index contributed by atoms with van der Waals surface area (Å²) in [6.45, 7) is 10.4. The van der Waals surface area contributed by atoms with E-state index in [9.17, 15) is 9.18 Å². The van der Waals surface area contributed by atoms with Gasteiger partial charge in [0.25, 0.3) is 5.56 Å². The van der Waals surface area contributed by atoms with Crippen LogP contribution in [0.5, 0.6) is 5.75 Å². The number of halogens is 2. The van der Waals surface area contributed by atoms with Crippen LogP contribution in [0.2, 0.25) is 0 Å². The molecule has 0 aliphatic rings. The smallest absolute Gasteiger partial charge is 0.282 e. The second kappa shape index (κ2) is 10.8. The molecular formula is C32H30BrFN4O2. The minimum atomic E-state index is -0.396. The highest BCUT2D eigenvalue weighted by Crippen LogP contribution is 2.25. The highest BCUT2D eigenvalue weighted by molar-refractivity contribution is 9.10. The molecule has 0 saturated heterocycles. The zero-order valence-electron chi connectivity index (χ0n) is 23.1. The molecule has 5 aromatic rings. The van der Waals surface area contributed by atoms with Crippen LogP contribution in [-0.4, -0.2) is 20.4 Å². The predicted molar refractivity (Wildman–Crippen MR) is 161 cm³/mol. The highest BCUT2D eigenvalue weighted by atomic mass is 79.9. The van der Waals surface area contributed by atoms with Gasteiger partial charge in [-0.1, -0.05) is 48.8 Å². The average Bonchev–Trinajstić information content (AvgIpc) is 3.19. The van der Waals surface area contributed by atoms with Gasteiger partial charge in [-0.2, -0.15) is 9.78 Å². The van der Waals surface area contributed by atoms with Crippen LogP contribution in [0.15, 0.2) is 87.2 Å². The van der Waals surface area contributed by atoms with Gasteiger partial charge in [-0.3, -0.25) is 4.79 Å². The van der Waals surface area contributed by atoms with Crippen molar-refractivity contribution in [3.63, 3.8) is 0 Å². The standard InChI is InChI=1S/C32H30BrFN4O2/c1-20-15-23(18-35-38-30(39)28-17-24(33)9-14-29(28)36-31(38)32(3,4)5)21(2)37(20)26-10-12-27(13-11-26)40-19-22-7-6-8-25(34)16-22/h6-18H,19H2,1-5H3. The Labute approximate surface area is 240 Å². The molecule has 0 radical (unpaired) electrons. The number of ether oxygens (including phenoxy) is 1. The molecule has 0 unspecified atom stereocenters. The molecule has 2 heterocycles. The Balaban J connectivity index is 1.44. The number of nitrogens with zero attached hydrogens (tertiary/aromatic N) is 4. The first kappa shape index (κ1) is 27.5. The normalized spacial score (nSPS) is 12.0. The van der Waals surface area contributed by atoms with Gasteiger partial charge in [-0.25, -0.2) is 9.37 Å². The third kappa shape index (κ3) is 5.63. The first-order chi connectivity index (χ1) is 19.0. The Bertz CT molecular complexity index is 1800. The predicted octanol–water partition coefficient (Wildman–Crippen LogP) is 7.46. The van der Waals surface area contributed by atoms with Gasteiger partial charge in [0.15, 0.2) is 0 Å². The van der Waals surface area contributed by atoms with E-state index in [1.54, 1.807) is 18.3 Å². The number of hydrogen-bond donors (Lipinski definition) is 0. The van der Waals surface area contributed by atoms with Crippen molar-refractivity contribution in [1.82, 2.24) is 14.2 Å². The number of rotatable bonds is 6. The van der Waals surface area contributed by atoms with Crippen molar-refractivity contribution in [1.29, 1.82) is 0 Å². The summed E-state index contributed by atoms with van der Waals surface area (Å²) in [6, 6.07) is 21.7. The van der Waals surface area contributed by atoms with Crippen molar-refractivity contribution >= 4 is 33.0 Å². The Morgan fingerprint density at radius 2 is 1.77 bits per heavy atom. The number of fused-ring (bicyclic) bond motifs is 1. The van der Waals surface area contributed by atoms with Crippen molar-refractivity contribution in [2.24, 2.45) is 5.10 Å². The molecule has 0 spiro atoms. The first-order valence-corrected chi connectivity index (χ1v) is 13.7. The van der Waals surface area contributed by atoms with Crippen molar-refractivity contribution in [3.05, 3.63) is 122 Å². The Kier molecular flexibility index (Phi) is 7.47. The lowest BCUT2D eigenvalue weighted by molar-refractivity contribution is 0.305. The minimum Gasteiger partial charge on any atom is -0.489 e. The van der Waals surface area contributed by atoms with Crippen LogP contribution in [0.1, 0.15) is 49.1 Å². The molecule has 0 fully saturated rings. The molecule has 0 atom stereocenters. The maximum Gasteiger partial charge on any atom is 0.282 e. The summed E-state index contributed by atoms with van der Waals surface area (Å²) >= 11 is 3.45. The zero-order chi connectivity index (χ0) is 28.6. The topological polar surface area (TPSA) is 61.4 Å². The summed E-state index contributed by atoms with van der Waals surface area (Å²) in [4.78, 5) is 18.3. The molecule has 204 valence electrons. The number of benzene rings is 3. The highest BCUT2D eigenvalue weighted by Gasteiger charge is 2.23. The summed E-state index contributed by atoms with van der Waals surface area (Å²) in [5.41, 5.74) is 4.68. The fraction of sp³-hybridized carbons (Fsp3) is 0.219. The number of aryl methyl sites for hydroxylation is 1. The van der Waals surface area contributed by atoms with Crippen molar-refractivity contribution in [3.8, 4) is 11.4 Å². The average molecular weight is 602 g/mol. The van der Waals surface area contributed by atoms with Gasteiger partial charge >= 0.3 is 0 Å². The van der Waals surface area contributed by atoms with Gasteiger partial charge in [0.2, 0.25) is 0 Å². The molecule has 0 aliphatic carbocycles. The van der Waals surface area contributed by atoms with Crippen molar-refractivity contribution in [2.45, 2.75) is 46.6 Å². The third-order valence-corrected chi connectivity index (χ3v) is 7.14. The van der Waals surface area contributed by atoms with Gasteiger partial charge in [-0.15, -0.1) is 0 Å². The van der Waals surface area contributed by atoms with E-state index in [-0.39, 0.29) is 18.0 Å². The second-order valence-electron chi connectivity index (χ2n) is 10.8.